The molecular formula is C19H6F6O6. The fourth-order valence-corrected chi connectivity index (χ4v) is 3.74. The zero-order valence-electron chi connectivity index (χ0n) is 15.0. The molecule has 4 rings (SSSR count). The first-order valence-corrected chi connectivity index (χ1v) is 8.46. The lowest BCUT2D eigenvalue weighted by Gasteiger charge is -2.22. The van der Waals surface area contributed by atoms with Crippen LogP contribution >= 0.6 is 0 Å². The third kappa shape index (κ3) is 2.53. The molecule has 0 aromatic heterocycles. The highest BCUT2D eigenvalue weighted by Crippen LogP contribution is 2.44. The van der Waals surface area contributed by atoms with Crippen LogP contribution in [0.15, 0.2) is 0 Å². The lowest BCUT2D eigenvalue weighted by atomic mass is 9.81. The van der Waals surface area contributed by atoms with Crippen LogP contribution in [0.3, 0.4) is 0 Å². The summed E-state index contributed by atoms with van der Waals surface area (Å²) < 4.78 is 94.4. The second-order valence-corrected chi connectivity index (χ2v) is 6.53. The first-order valence-electron chi connectivity index (χ1n) is 8.46. The van der Waals surface area contributed by atoms with Crippen molar-refractivity contribution in [2.75, 3.05) is 0 Å². The van der Waals surface area contributed by atoms with Gasteiger partial charge < -0.3 is 9.47 Å². The van der Waals surface area contributed by atoms with E-state index in [1.54, 1.807) is 0 Å². The smallest absolute Gasteiger partial charge is 0.350 e. The minimum absolute atomic E-state index is 0.508. The van der Waals surface area contributed by atoms with Gasteiger partial charge in [0.2, 0.25) is 0 Å². The molecule has 2 aromatic rings. The Labute approximate surface area is 167 Å². The van der Waals surface area contributed by atoms with Gasteiger partial charge in [0.05, 0.1) is 11.1 Å². The third-order valence-corrected chi connectivity index (χ3v) is 5.01. The molecule has 0 fully saturated rings. The Bertz CT molecular complexity index is 1170. The van der Waals surface area contributed by atoms with Gasteiger partial charge in [-0.1, -0.05) is 6.92 Å². The van der Waals surface area contributed by atoms with Crippen molar-refractivity contribution in [1.82, 2.24) is 0 Å². The molecule has 6 nitrogen and oxygen atoms in total. The highest BCUT2D eigenvalue weighted by molar-refractivity contribution is 6.17. The molecule has 0 spiro atoms. The topological polar surface area (TPSA) is 86.7 Å². The average molecular weight is 444 g/mol. The summed E-state index contributed by atoms with van der Waals surface area (Å²) in [6, 6.07) is 0. The molecule has 0 bridgehead atoms. The molecule has 0 aliphatic carbocycles. The lowest BCUT2D eigenvalue weighted by molar-refractivity contribution is 0.0424. The van der Waals surface area contributed by atoms with Crippen molar-refractivity contribution in [3.8, 4) is 0 Å². The molecule has 2 aromatic carbocycles. The Balaban J connectivity index is 2.14. The number of benzene rings is 2. The first kappa shape index (κ1) is 20.6. The number of rotatable bonds is 3. The number of hydrogen-bond acceptors (Lipinski definition) is 6. The van der Waals surface area contributed by atoms with Gasteiger partial charge in [-0.25, -0.2) is 45.5 Å². The van der Waals surface area contributed by atoms with E-state index in [0.717, 1.165) is 0 Å². The number of hydrogen-bond donors (Lipinski definition) is 0. The van der Waals surface area contributed by atoms with E-state index in [1.165, 1.54) is 6.92 Å². The van der Waals surface area contributed by atoms with Gasteiger partial charge in [0.15, 0.2) is 34.9 Å². The van der Waals surface area contributed by atoms with Gasteiger partial charge in [0, 0.05) is 17.0 Å². The molecule has 160 valence electrons. The van der Waals surface area contributed by atoms with Gasteiger partial charge in [0.25, 0.3) is 0 Å². The number of ether oxygens (including phenoxy) is 2. The van der Waals surface area contributed by atoms with Gasteiger partial charge in [-0.15, -0.1) is 0 Å². The molecule has 0 saturated carbocycles. The highest BCUT2D eigenvalue weighted by Gasteiger charge is 2.46. The summed E-state index contributed by atoms with van der Waals surface area (Å²) in [7, 11) is 0. The van der Waals surface area contributed by atoms with Crippen LogP contribution in [0.1, 0.15) is 71.8 Å². The van der Waals surface area contributed by atoms with E-state index in [0.29, 0.717) is 0 Å². The molecule has 0 amide bonds. The van der Waals surface area contributed by atoms with Gasteiger partial charge in [-0.3, -0.25) is 0 Å². The van der Waals surface area contributed by atoms with Gasteiger partial charge in [0.1, 0.15) is 11.1 Å². The van der Waals surface area contributed by atoms with E-state index in [1.807, 2.05) is 0 Å². The molecular weight excluding hydrogens is 438 g/mol. The molecule has 31 heavy (non-hydrogen) atoms. The van der Waals surface area contributed by atoms with Gasteiger partial charge >= 0.3 is 23.9 Å². The maximum atomic E-state index is 14.8. The Kier molecular flexibility index (Phi) is 4.41. The van der Waals surface area contributed by atoms with Crippen molar-refractivity contribution in [3.05, 3.63) is 68.3 Å². The van der Waals surface area contributed by atoms with Crippen molar-refractivity contribution in [2.45, 2.75) is 19.3 Å². The molecule has 0 saturated heterocycles. The fraction of sp³-hybridized carbons (Fsp3) is 0.158. The summed E-state index contributed by atoms with van der Waals surface area (Å²) in [5.41, 5.74) is -7.04. The van der Waals surface area contributed by atoms with Crippen molar-refractivity contribution < 1.29 is 55.0 Å². The summed E-state index contributed by atoms with van der Waals surface area (Å²) in [5.74, 6) is -21.1. The zero-order valence-corrected chi connectivity index (χ0v) is 15.0. The number of carbonyl (C=O) groups excluding carboxylic acids is 4. The Morgan fingerprint density at radius 2 is 0.871 bits per heavy atom. The molecule has 0 atom stereocenters. The van der Waals surface area contributed by atoms with E-state index < -0.39 is 104 Å². The summed E-state index contributed by atoms with van der Waals surface area (Å²) in [5, 5.41) is 0. The van der Waals surface area contributed by atoms with Gasteiger partial charge in [-0.05, 0) is 6.42 Å². The molecule has 2 aliphatic heterocycles. The van der Waals surface area contributed by atoms with Crippen LogP contribution in [0.4, 0.5) is 26.3 Å². The molecule has 2 heterocycles. The number of esters is 4. The quantitative estimate of drug-likeness (QED) is 0.311. The Morgan fingerprint density at radius 3 is 1.19 bits per heavy atom. The van der Waals surface area contributed by atoms with Crippen molar-refractivity contribution in [3.63, 3.8) is 0 Å². The summed E-state index contributed by atoms with van der Waals surface area (Å²) in [6.45, 7) is 1.19. The largest absolute Gasteiger partial charge is 0.386 e. The predicted octanol–water partition coefficient (Wildman–Crippen LogP) is 3.68. The van der Waals surface area contributed by atoms with Crippen LogP contribution in [-0.2, 0) is 9.47 Å². The second kappa shape index (κ2) is 6.65. The Morgan fingerprint density at radius 1 is 0.548 bits per heavy atom. The van der Waals surface area contributed by atoms with Crippen molar-refractivity contribution in [1.29, 1.82) is 0 Å². The van der Waals surface area contributed by atoms with E-state index >= 15 is 0 Å². The fourth-order valence-electron chi connectivity index (χ4n) is 3.74. The van der Waals surface area contributed by atoms with Crippen molar-refractivity contribution >= 4 is 23.9 Å². The molecule has 12 heteroatoms. The number of carbonyl (C=O) groups is 4. The van der Waals surface area contributed by atoms with E-state index in [4.69, 9.17) is 0 Å². The Hall–Kier alpha value is -3.70. The van der Waals surface area contributed by atoms with Crippen LogP contribution in [0, 0.1) is 34.9 Å². The number of halogens is 6. The van der Waals surface area contributed by atoms with E-state index in [-0.39, 0.29) is 0 Å². The van der Waals surface area contributed by atoms with Crippen LogP contribution < -0.4 is 0 Å². The molecule has 2 aliphatic rings. The maximum Gasteiger partial charge on any atom is 0.350 e. The first-order chi connectivity index (χ1) is 14.5. The number of fused-ring (bicyclic) bond motifs is 2. The standard InChI is InChI=1S/C19H6F6O6/c1-2-3(4-6-8(18(28)30-16(6)26)12(22)14(24)10(4)20)5-7-9(19(29)31-17(7)27)13(23)15(25)11(5)21/h3H,2H2,1H3. The highest BCUT2D eigenvalue weighted by atomic mass is 19.2. The van der Waals surface area contributed by atoms with E-state index in [9.17, 15) is 45.5 Å². The SMILES string of the molecule is CCC(c1c(F)c(F)c(F)c2c1C(=O)OC2=O)c1c(F)c(F)c(F)c2c1C(=O)OC2=O. The van der Waals surface area contributed by atoms with Gasteiger partial charge in [-0.2, -0.15) is 0 Å². The summed E-state index contributed by atoms with van der Waals surface area (Å²) in [6.07, 6.45) is -0.508. The monoisotopic (exact) mass is 444 g/mol. The zero-order chi connectivity index (χ0) is 22.9. The van der Waals surface area contributed by atoms with Crippen LogP contribution in [-0.4, -0.2) is 23.9 Å². The lowest BCUT2D eigenvalue weighted by Crippen LogP contribution is -2.19. The van der Waals surface area contributed by atoms with Crippen LogP contribution in [0.2, 0.25) is 0 Å². The normalized spacial score (nSPS) is 14.8. The third-order valence-electron chi connectivity index (χ3n) is 5.01. The van der Waals surface area contributed by atoms with Crippen molar-refractivity contribution in [2.24, 2.45) is 0 Å². The minimum atomic E-state index is -2.22. The molecule has 0 N–H and O–H groups in total. The van der Waals surface area contributed by atoms with E-state index in [2.05, 4.69) is 9.47 Å². The number of cyclic esters (lactones) is 4. The molecule has 0 radical (unpaired) electrons. The average Bonchev–Trinajstić information content (AvgIpc) is 3.17. The van der Waals surface area contributed by atoms with Crippen LogP contribution in [0.5, 0.6) is 0 Å². The summed E-state index contributed by atoms with van der Waals surface area (Å²) >= 11 is 0. The second-order valence-electron chi connectivity index (χ2n) is 6.53. The summed E-state index contributed by atoms with van der Waals surface area (Å²) in [4.78, 5) is 47.6. The maximum absolute atomic E-state index is 14.8. The predicted molar refractivity (Wildman–Crippen MR) is 84.3 cm³/mol. The molecule has 0 unspecified atom stereocenters. The van der Waals surface area contributed by atoms with Crippen LogP contribution in [0.25, 0.3) is 0 Å². The minimum Gasteiger partial charge on any atom is -0.386 e.